The van der Waals surface area contributed by atoms with Crippen LogP contribution in [0.15, 0.2) is 54.6 Å². The van der Waals surface area contributed by atoms with Gasteiger partial charge in [-0.3, -0.25) is 4.79 Å². The van der Waals surface area contributed by atoms with E-state index < -0.39 is 5.97 Å². The zero-order chi connectivity index (χ0) is 20.9. The van der Waals surface area contributed by atoms with Gasteiger partial charge in [0.1, 0.15) is 5.75 Å². The van der Waals surface area contributed by atoms with Gasteiger partial charge in [0.15, 0.2) is 13.2 Å². The van der Waals surface area contributed by atoms with Crippen LogP contribution >= 0.6 is 0 Å². The van der Waals surface area contributed by atoms with Gasteiger partial charge in [-0.1, -0.05) is 48.9 Å². The van der Waals surface area contributed by atoms with Crippen LogP contribution in [-0.4, -0.2) is 31.1 Å². The summed E-state index contributed by atoms with van der Waals surface area (Å²) in [4.78, 5) is 24.1. The van der Waals surface area contributed by atoms with Gasteiger partial charge in [-0.05, 0) is 67.2 Å². The molecule has 0 heterocycles. The van der Waals surface area contributed by atoms with E-state index in [-0.39, 0.29) is 25.2 Å². The average Bonchev–Trinajstić information content (AvgIpc) is 3.41. The van der Waals surface area contributed by atoms with Crippen LogP contribution < -0.4 is 10.1 Å². The lowest BCUT2D eigenvalue weighted by molar-refractivity contribution is -0.150. The molecule has 1 amide bonds. The van der Waals surface area contributed by atoms with E-state index >= 15 is 0 Å². The predicted octanol–water partition coefficient (Wildman–Crippen LogP) is 4.22. The van der Waals surface area contributed by atoms with Crippen LogP contribution in [0, 0.1) is 17.8 Å². The van der Waals surface area contributed by atoms with Crippen LogP contribution in [0.1, 0.15) is 32.6 Å². The average molecular weight is 408 g/mol. The Morgan fingerprint density at radius 2 is 1.70 bits per heavy atom. The van der Waals surface area contributed by atoms with Gasteiger partial charge >= 0.3 is 5.97 Å². The number of amides is 1. The monoisotopic (exact) mass is 407 g/mol. The summed E-state index contributed by atoms with van der Waals surface area (Å²) >= 11 is 0. The summed E-state index contributed by atoms with van der Waals surface area (Å²) in [5, 5.41) is 3.00. The molecule has 2 aromatic rings. The molecule has 2 bridgehead atoms. The molecule has 2 fully saturated rings. The Hall–Kier alpha value is -2.82. The molecule has 0 aromatic heterocycles. The number of esters is 1. The second-order valence-corrected chi connectivity index (χ2v) is 8.53. The van der Waals surface area contributed by atoms with Gasteiger partial charge in [-0.2, -0.15) is 0 Å². The minimum Gasteiger partial charge on any atom is -0.482 e. The van der Waals surface area contributed by atoms with Crippen LogP contribution in [0.25, 0.3) is 11.1 Å². The molecule has 4 atom stereocenters. The number of benzene rings is 2. The van der Waals surface area contributed by atoms with E-state index in [9.17, 15) is 9.59 Å². The highest BCUT2D eigenvalue weighted by atomic mass is 16.6. The van der Waals surface area contributed by atoms with E-state index in [2.05, 4.69) is 12.2 Å². The highest BCUT2D eigenvalue weighted by molar-refractivity contribution is 5.81. The van der Waals surface area contributed by atoms with E-state index in [4.69, 9.17) is 9.47 Å². The van der Waals surface area contributed by atoms with Crippen molar-refractivity contribution in [1.29, 1.82) is 0 Å². The molecule has 1 N–H and O–H groups in total. The molecule has 0 unspecified atom stereocenters. The number of hydrogen-bond acceptors (Lipinski definition) is 4. The molecule has 5 nitrogen and oxygen atoms in total. The third kappa shape index (κ3) is 5.02. The minimum atomic E-state index is -0.551. The van der Waals surface area contributed by atoms with Crippen molar-refractivity contribution < 1.29 is 19.1 Å². The van der Waals surface area contributed by atoms with Gasteiger partial charge < -0.3 is 14.8 Å². The van der Waals surface area contributed by atoms with Crippen LogP contribution in [0.2, 0.25) is 0 Å². The standard InChI is InChI=1S/C25H29NO4/c1-17(23-14-18-7-8-21(23)13-18)26-24(27)15-30-25(28)16-29-22-11-9-20(10-12-22)19-5-3-2-4-6-19/h2-6,9-12,17-18,21,23H,7-8,13-16H2,1H3,(H,26,27)/t17-,18+,21+,23+/m0/s1. The molecule has 0 radical (unpaired) electrons. The van der Waals surface area contributed by atoms with E-state index in [0.29, 0.717) is 11.7 Å². The van der Waals surface area contributed by atoms with Crippen LogP contribution in [0.4, 0.5) is 0 Å². The van der Waals surface area contributed by atoms with Crippen molar-refractivity contribution in [2.24, 2.45) is 17.8 Å². The summed E-state index contributed by atoms with van der Waals surface area (Å²) in [7, 11) is 0. The summed E-state index contributed by atoms with van der Waals surface area (Å²) in [6.07, 6.45) is 5.15. The summed E-state index contributed by atoms with van der Waals surface area (Å²) in [5.41, 5.74) is 2.20. The molecule has 0 aliphatic heterocycles. The van der Waals surface area contributed by atoms with Gasteiger partial charge in [0.25, 0.3) is 5.91 Å². The first-order valence-electron chi connectivity index (χ1n) is 10.8. The first kappa shape index (κ1) is 20.5. The molecule has 2 aliphatic rings. The fourth-order valence-corrected chi connectivity index (χ4v) is 5.01. The number of nitrogens with one attached hydrogen (secondary N) is 1. The van der Waals surface area contributed by atoms with Crippen LogP contribution in [0.3, 0.4) is 0 Å². The SMILES string of the molecule is C[C@H](NC(=O)COC(=O)COc1ccc(-c2ccccc2)cc1)[C@H]1C[C@@H]2CC[C@@H]1C2. The van der Waals surface area contributed by atoms with Crippen molar-refractivity contribution in [3.05, 3.63) is 54.6 Å². The zero-order valence-electron chi connectivity index (χ0n) is 17.4. The largest absolute Gasteiger partial charge is 0.482 e. The maximum Gasteiger partial charge on any atom is 0.344 e. The maximum absolute atomic E-state index is 12.1. The van der Waals surface area contributed by atoms with E-state index in [1.807, 2.05) is 54.6 Å². The first-order valence-corrected chi connectivity index (χ1v) is 10.8. The van der Waals surface area contributed by atoms with Gasteiger partial charge in [-0.25, -0.2) is 4.79 Å². The molecule has 2 saturated carbocycles. The molecular weight excluding hydrogens is 378 g/mol. The Kier molecular flexibility index (Phi) is 6.36. The Balaban J connectivity index is 1.16. The van der Waals surface area contributed by atoms with Crippen LogP contribution in [-0.2, 0) is 14.3 Å². The lowest BCUT2D eigenvalue weighted by atomic mass is 9.84. The Bertz CT molecular complexity index is 864. The zero-order valence-corrected chi connectivity index (χ0v) is 17.4. The van der Waals surface area contributed by atoms with Gasteiger partial charge in [-0.15, -0.1) is 0 Å². The number of ether oxygens (including phenoxy) is 2. The maximum atomic E-state index is 12.1. The molecule has 158 valence electrons. The highest BCUT2D eigenvalue weighted by Gasteiger charge is 2.42. The van der Waals surface area contributed by atoms with E-state index in [1.165, 1.54) is 25.7 Å². The minimum absolute atomic E-state index is 0.130. The van der Waals surface area contributed by atoms with Crippen molar-refractivity contribution in [3.63, 3.8) is 0 Å². The summed E-state index contributed by atoms with van der Waals surface area (Å²) in [6.45, 7) is 1.58. The van der Waals surface area contributed by atoms with Crippen LogP contribution in [0.5, 0.6) is 5.75 Å². The van der Waals surface area contributed by atoms with Crippen molar-refractivity contribution in [2.45, 2.75) is 38.6 Å². The second kappa shape index (κ2) is 9.33. The quantitative estimate of drug-likeness (QED) is 0.666. The number of hydrogen-bond donors (Lipinski definition) is 1. The van der Waals surface area contributed by atoms with Crippen molar-refractivity contribution in [1.82, 2.24) is 5.32 Å². The second-order valence-electron chi connectivity index (χ2n) is 8.53. The third-order valence-electron chi connectivity index (χ3n) is 6.51. The summed E-state index contributed by atoms with van der Waals surface area (Å²) in [6, 6.07) is 17.7. The number of carbonyl (C=O) groups excluding carboxylic acids is 2. The third-order valence-corrected chi connectivity index (χ3v) is 6.51. The first-order chi connectivity index (χ1) is 14.6. The molecule has 5 heteroatoms. The Labute approximate surface area is 177 Å². The van der Waals surface area contributed by atoms with Gasteiger partial charge in [0.2, 0.25) is 0 Å². The molecule has 4 rings (SSSR count). The van der Waals surface area contributed by atoms with Gasteiger partial charge in [0.05, 0.1) is 0 Å². The summed E-state index contributed by atoms with van der Waals surface area (Å²) in [5.74, 6) is 1.94. The topological polar surface area (TPSA) is 64.6 Å². The lowest BCUT2D eigenvalue weighted by Gasteiger charge is -2.28. The smallest absolute Gasteiger partial charge is 0.344 e. The fourth-order valence-electron chi connectivity index (χ4n) is 5.01. The number of carbonyl (C=O) groups is 2. The van der Waals surface area contributed by atoms with E-state index in [0.717, 1.165) is 23.0 Å². The van der Waals surface area contributed by atoms with Crippen molar-refractivity contribution in [3.8, 4) is 16.9 Å². The highest BCUT2D eigenvalue weighted by Crippen LogP contribution is 2.49. The fraction of sp³-hybridized carbons (Fsp3) is 0.440. The number of fused-ring (bicyclic) bond motifs is 2. The Morgan fingerprint density at radius 3 is 2.37 bits per heavy atom. The molecule has 30 heavy (non-hydrogen) atoms. The Morgan fingerprint density at radius 1 is 0.967 bits per heavy atom. The van der Waals surface area contributed by atoms with Gasteiger partial charge in [0, 0.05) is 6.04 Å². The van der Waals surface area contributed by atoms with Crippen molar-refractivity contribution in [2.75, 3.05) is 13.2 Å². The molecular formula is C25H29NO4. The molecule has 0 saturated heterocycles. The summed E-state index contributed by atoms with van der Waals surface area (Å²) < 4.78 is 10.5. The number of rotatable bonds is 8. The lowest BCUT2D eigenvalue weighted by Crippen LogP contribution is -2.42. The van der Waals surface area contributed by atoms with E-state index in [1.54, 1.807) is 0 Å². The molecule has 2 aliphatic carbocycles. The predicted molar refractivity (Wildman–Crippen MR) is 115 cm³/mol. The molecule has 2 aromatic carbocycles. The normalized spacial score (nSPS) is 23.0. The van der Waals surface area contributed by atoms with Crippen molar-refractivity contribution >= 4 is 11.9 Å². The molecule has 0 spiro atoms.